The quantitative estimate of drug-likeness (QED) is 0.830. The molecule has 1 aliphatic carbocycles. The lowest BCUT2D eigenvalue weighted by molar-refractivity contribution is 0.0952. The molecule has 112 valence electrons. The Hall–Kier alpha value is -1.62. The molecule has 1 saturated carbocycles. The van der Waals surface area contributed by atoms with E-state index in [2.05, 4.69) is 10.3 Å². The third-order valence-electron chi connectivity index (χ3n) is 4.22. The molecule has 0 saturated heterocycles. The Labute approximate surface area is 128 Å². The first kappa shape index (κ1) is 14.3. The van der Waals surface area contributed by atoms with Crippen LogP contribution in [0.4, 0.5) is 5.13 Å². The van der Waals surface area contributed by atoms with Crippen molar-refractivity contribution in [3.63, 3.8) is 0 Å². The van der Waals surface area contributed by atoms with Gasteiger partial charge in [-0.2, -0.15) is 0 Å². The van der Waals surface area contributed by atoms with Crippen LogP contribution in [-0.4, -0.2) is 17.4 Å². The monoisotopic (exact) mass is 303 g/mol. The van der Waals surface area contributed by atoms with Gasteiger partial charge in [0.05, 0.1) is 10.2 Å². The van der Waals surface area contributed by atoms with Crippen LogP contribution < -0.4 is 11.1 Å². The molecule has 4 nitrogen and oxygen atoms in total. The molecule has 0 radical (unpaired) electrons. The smallest absolute Gasteiger partial charge is 0.251 e. The molecule has 5 heteroatoms. The van der Waals surface area contributed by atoms with Gasteiger partial charge in [-0.05, 0) is 37.0 Å². The molecule has 1 aliphatic rings. The van der Waals surface area contributed by atoms with E-state index in [9.17, 15) is 4.79 Å². The molecule has 0 spiro atoms. The van der Waals surface area contributed by atoms with E-state index in [-0.39, 0.29) is 5.91 Å². The van der Waals surface area contributed by atoms with Gasteiger partial charge in [0.1, 0.15) is 0 Å². The topological polar surface area (TPSA) is 68.0 Å². The molecule has 3 rings (SSSR count). The van der Waals surface area contributed by atoms with Gasteiger partial charge in [0, 0.05) is 12.1 Å². The number of nitrogens with two attached hydrogens (primary N) is 1. The molecule has 1 fully saturated rings. The number of amides is 1. The number of nitrogens with one attached hydrogen (secondary N) is 1. The predicted octanol–water partition coefficient (Wildman–Crippen LogP) is 3.58. The van der Waals surface area contributed by atoms with Crippen molar-refractivity contribution in [3.05, 3.63) is 23.8 Å². The van der Waals surface area contributed by atoms with Crippen molar-refractivity contribution < 1.29 is 4.79 Å². The first-order chi connectivity index (χ1) is 10.2. The van der Waals surface area contributed by atoms with E-state index in [0.29, 0.717) is 10.7 Å². The highest BCUT2D eigenvalue weighted by atomic mass is 32.1. The van der Waals surface area contributed by atoms with Gasteiger partial charge in [-0.1, -0.05) is 37.0 Å². The minimum atomic E-state index is -0.00436. The van der Waals surface area contributed by atoms with Crippen molar-refractivity contribution in [1.82, 2.24) is 10.3 Å². The van der Waals surface area contributed by atoms with E-state index < -0.39 is 0 Å². The van der Waals surface area contributed by atoms with Gasteiger partial charge in [0.15, 0.2) is 5.13 Å². The van der Waals surface area contributed by atoms with E-state index >= 15 is 0 Å². The number of anilines is 1. The zero-order valence-corrected chi connectivity index (χ0v) is 12.9. The van der Waals surface area contributed by atoms with Crippen molar-refractivity contribution in [2.75, 3.05) is 12.3 Å². The van der Waals surface area contributed by atoms with Gasteiger partial charge in [-0.25, -0.2) is 4.98 Å². The summed E-state index contributed by atoms with van der Waals surface area (Å²) in [4.78, 5) is 16.3. The highest BCUT2D eigenvalue weighted by molar-refractivity contribution is 7.22. The average molecular weight is 303 g/mol. The van der Waals surface area contributed by atoms with Crippen molar-refractivity contribution in [2.24, 2.45) is 5.92 Å². The molecule has 0 aliphatic heterocycles. The first-order valence-electron chi connectivity index (χ1n) is 7.66. The van der Waals surface area contributed by atoms with E-state index in [1.54, 1.807) is 0 Å². The predicted molar refractivity (Wildman–Crippen MR) is 87.6 cm³/mol. The van der Waals surface area contributed by atoms with Crippen LogP contribution in [-0.2, 0) is 0 Å². The van der Waals surface area contributed by atoms with E-state index in [1.807, 2.05) is 18.2 Å². The number of nitrogens with zero attached hydrogens (tertiary/aromatic N) is 1. The minimum Gasteiger partial charge on any atom is -0.375 e. The van der Waals surface area contributed by atoms with Crippen molar-refractivity contribution >= 4 is 32.6 Å². The highest BCUT2D eigenvalue weighted by Gasteiger charge is 2.14. The molecule has 21 heavy (non-hydrogen) atoms. The van der Waals surface area contributed by atoms with Crippen molar-refractivity contribution in [1.29, 1.82) is 0 Å². The second-order valence-corrected chi connectivity index (χ2v) is 6.85. The number of carbonyl (C=O) groups is 1. The van der Waals surface area contributed by atoms with Crippen LogP contribution in [0, 0.1) is 5.92 Å². The van der Waals surface area contributed by atoms with E-state index in [0.717, 1.165) is 29.1 Å². The Bertz CT molecular complexity index is 631. The minimum absolute atomic E-state index is 0.00436. The van der Waals surface area contributed by atoms with E-state index in [1.165, 1.54) is 43.4 Å². The molecular weight excluding hydrogens is 282 g/mol. The number of hydrogen-bond acceptors (Lipinski definition) is 4. The van der Waals surface area contributed by atoms with Crippen LogP contribution in [0.2, 0.25) is 0 Å². The third kappa shape index (κ3) is 3.53. The Morgan fingerprint density at radius 1 is 1.38 bits per heavy atom. The Balaban J connectivity index is 1.51. The second kappa shape index (κ2) is 6.43. The lowest BCUT2D eigenvalue weighted by Gasteiger charge is -2.09. The maximum Gasteiger partial charge on any atom is 0.251 e. The Morgan fingerprint density at radius 2 is 2.19 bits per heavy atom. The van der Waals surface area contributed by atoms with Crippen LogP contribution in [0.5, 0.6) is 0 Å². The summed E-state index contributed by atoms with van der Waals surface area (Å²) >= 11 is 1.42. The standard InChI is InChI=1S/C16H21N3OS/c17-16-19-13-8-7-12(10-14(13)21-16)15(20)18-9-3-6-11-4-1-2-5-11/h7-8,10-11H,1-6,9H2,(H2,17,19)(H,18,20). The maximum absolute atomic E-state index is 12.1. The molecule has 0 bridgehead atoms. The lowest BCUT2D eigenvalue weighted by Crippen LogP contribution is -2.24. The molecule has 3 N–H and O–H groups in total. The van der Waals surface area contributed by atoms with Crippen LogP contribution in [0.15, 0.2) is 18.2 Å². The number of nitrogen functional groups attached to an aromatic ring is 1. The molecule has 1 amide bonds. The average Bonchev–Trinajstić information content (AvgIpc) is 3.10. The summed E-state index contributed by atoms with van der Waals surface area (Å²) in [5.74, 6) is 0.883. The normalized spacial score (nSPS) is 15.6. The summed E-state index contributed by atoms with van der Waals surface area (Å²) in [6, 6.07) is 5.54. The first-order valence-corrected chi connectivity index (χ1v) is 8.48. The van der Waals surface area contributed by atoms with Gasteiger partial charge >= 0.3 is 0 Å². The summed E-state index contributed by atoms with van der Waals surface area (Å²) in [5, 5.41) is 3.55. The molecule has 1 aromatic carbocycles. The number of thiazole rings is 1. The largest absolute Gasteiger partial charge is 0.375 e. The number of fused-ring (bicyclic) bond motifs is 1. The lowest BCUT2D eigenvalue weighted by atomic mass is 10.0. The Morgan fingerprint density at radius 3 is 3.00 bits per heavy atom. The summed E-state index contributed by atoms with van der Waals surface area (Å²) < 4.78 is 0.964. The zero-order chi connectivity index (χ0) is 14.7. The number of rotatable bonds is 5. The second-order valence-electron chi connectivity index (χ2n) is 5.78. The van der Waals surface area contributed by atoms with Crippen molar-refractivity contribution in [3.8, 4) is 0 Å². The number of benzene rings is 1. The summed E-state index contributed by atoms with van der Waals surface area (Å²) in [7, 11) is 0. The molecule has 0 atom stereocenters. The molecule has 1 aromatic heterocycles. The zero-order valence-electron chi connectivity index (χ0n) is 12.1. The van der Waals surface area contributed by atoms with Crippen LogP contribution >= 0.6 is 11.3 Å². The van der Waals surface area contributed by atoms with Gasteiger partial charge in [-0.15, -0.1) is 0 Å². The maximum atomic E-state index is 12.1. The van der Waals surface area contributed by atoms with Crippen LogP contribution in [0.3, 0.4) is 0 Å². The molecule has 2 aromatic rings. The fourth-order valence-corrected chi connectivity index (χ4v) is 3.85. The van der Waals surface area contributed by atoms with Crippen molar-refractivity contribution in [2.45, 2.75) is 38.5 Å². The number of aromatic nitrogens is 1. The van der Waals surface area contributed by atoms with Crippen LogP contribution in [0.1, 0.15) is 48.9 Å². The highest BCUT2D eigenvalue weighted by Crippen LogP contribution is 2.28. The summed E-state index contributed by atoms with van der Waals surface area (Å²) in [6.45, 7) is 0.762. The fraction of sp³-hybridized carbons (Fsp3) is 0.500. The van der Waals surface area contributed by atoms with Gasteiger partial charge in [0.2, 0.25) is 0 Å². The molecule has 1 heterocycles. The van der Waals surface area contributed by atoms with Gasteiger partial charge < -0.3 is 11.1 Å². The fourth-order valence-electron chi connectivity index (χ4n) is 3.08. The summed E-state index contributed by atoms with van der Waals surface area (Å²) in [6.07, 6.45) is 7.83. The summed E-state index contributed by atoms with van der Waals surface area (Å²) in [5.41, 5.74) is 7.23. The van der Waals surface area contributed by atoms with E-state index in [4.69, 9.17) is 5.73 Å². The Kier molecular flexibility index (Phi) is 4.39. The molecular formula is C16H21N3OS. The number of carbonyl (C=O) groups excluding carboxylic acids is 1. The SMILES string of the molecule is Nc1nc2ccc(C(=O)NCCCC3CCCC3)cc2s1. The van der Waals surface area contributed by atoms with Crippen LogP contribution in [0.25, 0.3) is 10.2 Å². The van der Waals surface area contributed by atoms with Gasteiger partial charge in [0.25, 0.3) is 5.91 Å². The van der Waals surface area contributed by atoms with Gasteiger partial charge in [-0.3, -0.25) is 4.79 Å². The molecule has 0 unspecified atom stereocenters. The number of hydrogen-bond donors (Lipinski definition) is 2. The third-order valence-corrected chi connectivity index (χ3v) is 5.06.